The number of anilines is 1. The predicted molar refractivity (Wildman–Crippen MR) is 99.0 cm³/mol. The summed E-state index contributed by atoms with van der Waals surface area (Å²) >= 11 is 5.90. The van der Waals surface area contributed by atoms with Gasteiger partial charge in [0.25, 0.3) is 5.91 Å². The Bertz CT molecular complexity index is 838. The zero-order chi connectivity index (χ0) is 18.8. The third-order valence-electron chi connectivity index (χ3n) is 4.41. The fourth-order valence-electron chi connectivity index (χ4n) is 2.97. The maximum Gasteiger partial charge on any atom is 0.254 e. The molecule has 0 spiro atoms. The zero-order valence-electron chi connectivity index (χ0n) is 14.5. The van der Waals surface area contributed by atoms with Gasteiger partial charge in [0.15, 0.2) is 11.5 Å². The summed E-state index contributed by atoms with van der Waals surface area (Å²) in [5.41, 5.74) is 1.11. The molecule has 0 radical (unpaired) electrons. The standard InChI is InChI=1S/C19H19ClN2O4/c1-12-10-22(15-6-4-14(20)5-7-15)18(24)11-21(12)19(25)13-3-8-16(23)17(9-13)26-2/h3-9,12,23H,10-11H2,1-2H3/t12-/m0/s1. The second kappa shape index (κ2) is 7.25. The molecule has 1 fully saturated rings. The highest BCUT2D eigenvalue weighted by atomic mass is 35.5. The van der Waals surface area contributed by atoms with Gasteiger partial charge < -0.3 is 19.6 Å². The smallest absolute Gasteiger partial charge is 0.254 e. The summed E-state index contributed by atoms with van der Waals surface area (Å²) in [5, 5.41) is 10.3. The van der Waals surface area contributed by atoms with Gasteiger partial charge in [0.05, 0.1) is 7.11 Å². The van der Waals surface area contributed by atoms with Crippen LogP contribution in [0.2, 0.25) is 5.02 Å². The first kappa shape index (κ1) is 18.1. The molecule has 2 aromatic rings. The lowest BCUT2D eigenvalue weighted by Gasteiger charge is -2.39. The Morgan fingerprint density at radius 3 is 2.58 bits per heavy atom. The number of hydrogen-bond donors (Lipinski definition) is 1. The first-order valence-electron chi connectivity index (χ1n) is 8.14. The van der Waals surface area contributed by atoms with Crippen LogP contribution in [0.4, 0.5) is 5.69 Å². The normalized spacial score (nSPS) is 17.3. The van der Waals surface area contributed by atoms with Crippen LogP contribution in [0.5, 0.6) is 11.5 Å². The van der Waals surface area contributed by atoms with E-state index in [0.717, 1.165) is 5.69 Å². The molecule has 0 aliphatic carbocycles. The van der Waals surface area contributed by atoms with E-state index in [1.807, 2.05) is 6.92 Å². The highest BCUT2D eigenvalue weighted by Gasteiger charge is 2.33. The molecule has 0 bridgehead atoms. The van der Waals surface area contributed by atoms with Gasteiger partial charge in [-0.05, 0) is 49.4 Å². The van der Waals surface area contributed by atoms with Crippen LogP contribution < -0.4 is 9.64 Å². The minimum Gasteiger partial charge on any atom is -0.504 e. The third-order valence-corrected chi connectivity index (χ3v) is 4.66. The van der Waals surface area contributed by atoms with Crippen molar-refractivity contribution in [3.63, 3.8) is 0 Å². The molecule has 7 heteroatoms. The van der Waals surface area contributed by atoms with Gasteiger partial charge in [-0.25, -0.2) is 0 Å². The Labute approximate surface area is 156 Å². The van der Waals surface area contributed by atoms with Crippen LogP contribution >= 0.6 is 11.6 Å². The molecule has 6 nitrogen and oxygen atoms in total. The molecule has 0 saturated carbocycles. The van der Waals surface area contributed by atoms with Gasteiger partial charge in [0, 0.05) is 28.9 Å². The summed E-state index contributed by atoms with van der Waals surface area (Å²) < 4.78 is 5.05. The van der Waals surface area contributed by atoms with Crippen LogP contribution in [-0.4, -0.2) is 48.1 Å². The van der Waals surface area contributed by atoms with Gasteiger partial charge in [-0.3, -0.25) is 9.59 Å². The molecule has 2 aromatic carbocycles. The highest BCUT2D eigenvalue weighted by Crippen LogP contribution is 2.28. The van der Waals surface area contributed by atoms with E-state index >= 15 is 0 Å². The lowest BCUT2D eigenvalue weighted by atomic mass is 10.1. The summed E-state index contributed by atoms with van der Waals surface area (Å²) in [4.78, 5) is 28.6. The Balaban J connectivity index is 1.80. The summed E-state index contributed by atoms with van der Waals surface area (Å²) in [6.45, 7) is 2.26. The Kier molecular flexibility index (Phi) is 5.04. The predicted octanol–water partition coefficient (Wildman–Crippen LogP) is 2.93. The zero-order valence-corrected chi connectivity index (χ0v) is 15.2. The maximum absolute atomic E-state index is 12.8. The number of amides is 2. The molecule has 1 aliphatic heterocycles. The van der Waals surface area contributed by atoms with E-state index in [1.54, 1.807) is 29.2 Å². The molecule has 0 unspecified atom stereocenters. The number of phenolic OH excluding ortho intramolecular Hbond substituents is 1. The molecule has 136 valence electrons. The Morgan fingerprint density at radius 2 is 1.92 bits per heavy atom. The molecular weight excluding hydrogens is 356 g/mol. The van der Waals surface area contributed by atoms with Crippen LogP contribution in [-0.2, 0) is 4.79 Å². The lowest BCUT2D eigenvalue weighted by molar-refractivity contribution is -0.121. The second-order valence-electron chi connectivity index (χ2n) is 6.15. The van der Waals surface area contributed by atoms with Crippen molar-refractivity contribution in [3.05, 3.63) is 53.1 Å². The molecular formula is C19H19ClN2O4. The molecule has 1 aliphatic rings. The number of carbonyl (C=O) groups excluding carboxylic acids is 2. The van der Waals surface area contributed by atoms with Crippen LogP contribution in [0.1, 0.15) is 17.3 Å². The number of carbonyl (C=O) groups is 2. The van der Waals surface area contributed by atoms with Crippen molar-refractivity contribution < 1.29 is 19.4 Å². The SMILES string of the molecule is COc1cc(C(=O)N2CC(=O)N(c3ccc(Cl)cc3)C[C@@H]2C)ccc1O. The molecule has 1 heterocycles. The van der Waals surface area contributed by atoms with Crippen molar-refractivity contribution >= 4 is 29.1 Å². The van der Waals surface area contributed by atoms with Gasteiger partial charge in [0.2, 0.25) is 5.91 Å². The van der Waals surface area contributed by atoms with Crippen molar-refractivity contribution in [1.29, 1.82) is 0 Å². The number of aromatic hydroxyl groups is 1. The van der Waals surface area contributed by atoms with Gasteiger partial charge in [-0.15, -0.1) is 0 Å². The molecule has 1 atom stereocenters. The summed E-state index contributed by atoms with van der Waals surface area (Å²) in [6, 6.07) is 11.3. The number of benzene rings is 2. The number of halogens is 1. The first-order valence-corrected chi connectivity index (χ1v) is 8.52. The number of methoxy groups -OCH3 is 1. The molecule has 3 rings (SSSR count). The monoisotopic (exact) mass is 374 g/mol. The van der Waals surface area contributed by atoms with Gasteiger partial charge >= 0.3 is 0 Å². The largest absolute Gasteiger partial charge is 0.504 e. The fraction of sp³-hybridized carbons (Fsp3) is 0.263. The quantitative estimate of drug-likeness (QED) is 0.896. The van der Waals surface area contributed by atoms with Crippen LogP contribution in [0.25, 0.3) is 0 Å². The van der Waals surface area contributed by atoms with E-state index in [0.29, 0.717) is 17.1 Å². The van der Waals surface area contributed by atoms with Crippen molar-refractivity contribution in [2.24, 2.45) is 0 Å². The molecule has 26 heavy (non-hydrogen) atoms. The van der Waals surface area contributed by atoms with Crippen LogP contribution in [0.3, 0.4) is 0 Å². The fourth-order valence-corrected chi connectivity index (χ4v) is 3.10. The first-order chi connectivity index (χ1) is 12.4. The molecule has 0 aromatic heterocycles. The van der Waals surface area contributed by atoms with Crippen molar-refractivity contribution in [3.8, 4) is 11.5 Å². The maximum atomic E-state index is 12.8. The lowest BCUT2D eigenvalue weighted by Crippen LogP contribution is -2.57. The van der Waals surface area contributed by atoms with E-state index in [1.165, 1.54) is 30.2 Å². The Hall–Kier alpha value is -2.73. The summed E-state index contributed by atoms with van der Waals surface area (Å²) in [6.07, 6.45) is 0. The topological polar surface area (TPSA) is 70.1 Å². The molecule has 1 N–H and O–H groups in total. The van der Waals surface area contributed by atoms with E-state index < -0.39 is 0 Å². The summed E-state index contributed by atoms with van der Waals surface area (Å²) in [7, 11) is 1.42. The van der Waals surface area contributed by atoms with Crippen LogP contribution in [0.15, 0.2) is 42.5 Å². The van der Waals surface area contributed by atoms with E-state index in [9.17, 15) is 14.7 Å². The summed E-state index contributed by atoms with van der Waals surface area (Å²) in [5.74, 6) is -0.264. The molecule has 2 amide bonds. The number of phenols is 1. The molecule has 1 saturated heterocycles. The number of hydrogen-bond acceptors (Lipinski definition) is 4. The minimum absolute atomic E-state index is 0.0220. The average molecular weight is 375 g/mol. The van der Waals surface area contributed by atoms with E-state index in [4.69, 9.17) is 16.3 Å². The second-order valence-corrected chi connectivity index (χ2v) is 6.59. The number of rotatable bonds is 3. The third kappa shape index (κ3) is 3.46. The van der Waals surface area contributed by atoms with Crippen LogP contribution in [0, 0.1) is 0 Å². The van der Waals surface area contributed by atoms with Gasteiger partial charge in [-0.2, -0.15) is 0 Å². The number of ether oxygens (including phenoxy) is 1. The van der Waals surface area contributed by atoms with Crippen molar-refractivity contribution in [1.82, 2.24) is 4.90 Å². The minimum atomic E-state index is -0.278. The number of nitrogens with zero attached hydrogens (tertiary/aromatic N) is 2. The Morgan fingerprint density at radius 1 is 1.23 bits per heavy atom. The van der Waals surface area contributed by atoms with Gasteiger partial charge in [-0.1, -0.05) is 11.6 Å². The van der Waals surface area contributed by atoms with Crippen molar-refractivity contribution in [2.45, 2.75) is 13.0 Å². The van der Waals surface area contributed by atoms with Gasteiger partial charge in [0.1, 0.15) is 6.54 Å². The number of piperazine rings is 1. The average Bonchev–Trinajstić information content (AvgIpc) is 2.64. The van der Waals surface area contributed by atoms with E-state index in [-0.39, 0.29) is 35.9 Å². The van der Waals surface area contributed by atoms with E-state index in [2.05, 4.69) is 0 Å². The van der Waals surface area contributed by atoms with Crippen molar-refractivity contribution in [2.75, 3.05) is 25.1 Å². The highest BCUT2D eigenvalue weighted by molar-refractivity contribution is 6.30.